The molecule has 1 rings (SSSR count). The van der Waals surface area contributed by atoms with Gasteiger partial charge in [0.15, 0.2) is 0 Å². The average molecular weight is 385 g/mol. The molecule has 0 unspecified atom stereocenters. The zero-order valence-electron chi connectivity index (χ0n) is 12.2. The smallest absolute Gasteiger partial charge is 0.235 e. The lowest BCUT2D eigenvalue weighted by atomic mass is 9.82. The molecule has 1 aliphatic heterocycles. The number of amides is 1. The summed E-state index contributed by atoms with van der Waals surface area (Å²) in [6.45, 7) is 9.02. The van der Waals surface area contributed by atoms with E-state index in [1.807, 2.05) is 44.1 Å². The lowest BCUT2D eigenvalue weighted by molar-refractivity contribution is -0.126. The fourth-order valence-electron chi connectivity index (χ4n) is 1.79. The quantitative estimate of drug-likeness (QED) is 0.445. The van der Waals surface area contributed by atoms with Crippen LogP contribution < -0.4 is 5.32 Å². The van der Waals surface area contributed by atoms with Gasteiger partial charge in [-0.2, -0.15) is 0 Å². The minimum Gasteiger partial charge on any atom is -0.350 e. The van der Waals surface area contributed by atoms with Gasteiger partial charge in [0.2, 0.25) is 5.91 Å². The van der Waals surface area contributed by atoms with E-state index < -0.39 is 5.41 Å². The summed E-state index contributed by atoms with van der Waals surface area (Å²) < 4.78 is 1.05. The van der Waals surface area contributed by atoms with Crippen molar-refractivity contribution < 1.29 is 4.79 Å². The second kappa shape index (κ2) is 6.39. The Morgan fingerprint density at radius 2 is 2.10 bits per heavy atom. The Balaban J connectivity index is 3.06. The molecule has 1 aliphatic rings. The normalized spacial score (nSPS) is 17.4. The van der Waals surface area contributed by atoms with Gasteiger partial charge in [-0.15, -0.1) is 0 Å². The lowest BCUT2D eigenvalue weighted by Gasteiger charge is -2.30. The Bertz CT molecular complexity index is 541. The molecule has 0 spiro atoms. The molecule has 0 saturated carbocycles. The van der Waals surface area contributed by atoms with Gasteiger partial charge in [-0.05, 0) is 55.0 Å². The van der Waals surface area contributed by atoms with Gasteiger partial charge in [0.25, 0.3) is 0 Å². The third kappa shape index (κ3) is 3.59. The van der Waals surface area contributed by atoms with Gasteiger partial charge in [-0.1, -0.05) is 18.7 Å². The van der Waals surface area contributed by atoms with E-state index in [1.54, 1.807) is 13.0 Å². The Morgan fingerprint density at radius 1 is 1.50 bits per heavy atom. The Kier molecular flexibility index (Phi) is 5.33. The first-order valence-electron chi connectivity index (χ1n) is 6.22. The fraction of sp³-hybridized carbons (Fsp3) is 0.333. The Labute approximate surface area is 134 Å². The first-order chi connectivity index (χ1) is 9.20. The molecule has 0 bridgehead atoms. The van der Waals surface area contributed by atoms with Crippen molar-refractivity contribution in [2.45, 2.75) is 20.8 Å². The number of likely N-dealkylation sites (N-methyl/N-ethyl adjacent to an activating group) is 1. The van der Waals surface area contributed by atoms with Crippen molar-refractivity contribution in [2.75, 3.05) is 7.05 Å². The highest BCUT2D eigenvalue weighted by Crippen LogP contribution is 2.33. The zero-order chi connectivity index (χ0) is 15.5. The number of allylic oxidation sites excluding steroid dienone is 4. The summed E-state index contributed by atoms with van der Waals surface area (Å²) in [6, 6.07) is 0. The number of nitrogens with zero attached hydrogens (tertiary/aromatic N) is 1. The van der Waals surface area contributed by atoms with E-state index >= 15 is 0 Å². The number of hydrogen-bond acceptors (Lipinski definition) is 3. The van der Waals surface area contributed by atoms with Gasteiger partial charge in [0, 0.05) is 16.8 Å². The maximum Gasteiger partial charge on any atom is 0.235 e. The van der Waals surface area contributed by atoms with Crippen LogP contribution >= 0.6 is 22.6 Å². The van der Waals surface area contributed by atoms with Crippen molar-refractivity contribution >= 4 is 34.3 Å². The fourth-order valence-corrected chi connectivity index (χ4v) is 2.35. The lowest BCUT2D eigenvalue weighted by Crippen LogP contribution is -2.40. The molecule has 4 nitrogen and oxygen atoms in total. The summed E-state index contributed by atoms with van der Waals surface area (Å²) in [5.41, 5.74) is 1.25. The van der Waals surface area contributed by atoms with Crippen LogP contribution in [0.2, 0.25) is 0 Å². The molecule has 108 valence electrons. The van der Waals surface area contributed by atoms with E-state index in [-0.39, 0.29) is 11.7 Å². The molecule has 0 aromatic heterocycles. The number of rotatable bonds is 3. The molecule has 2 N–H and O–H groups in total. The second-order valence-corrected chi connectivity index (χ2v) is 6.33. The van der Waals surface area contributed by atoms with Crippen molar-refractivity contribution in [1.82, 2.24) is 10.2 Å². The molecular weight excluding hydrogens is 365 g/mol. The van der Waals surface area contributed by atoms with E-state index in [9.17, 15) is 4.79 Å². The van der Waals surface area contributed by atoms with Crippen LogP contribution in [0.1, 0.15) is 20.8 Å². The summed E-state index contributed by atoms with van der Waals surface area (Å²) in [5, 5.41) is 9.93. The predicted octanol–water partition coefficient (Wildman–Crippen LogP) is 3.34. The monoisotopic (exact) mass is 385 g/mol. The minimum absolute atomic E-state index is 0.151. The predicted molar refractivity (Wildman–Crippen MR) is 91.6 cm³/mol. The van der Waals surface area contributed by atoms with Gasteiger partial charge in [0.1, 0.15) is 0 Å². The number of hydrogen-bond donors (Lipinski definition) is 2. The standard InChI is InChI=1S/C15H20IN3O/c1-6-12(16)13-8-7-11(9-19(13)5)15(3,4)14(20)18-10(2)17/h6-9H,1H2,2-5H3,(H2,17,18,20)/b13-12+. The highest BCUT2D eigenvalue weighted by molar-refractivity contribution is 14.1. The molecule has 0 aromatic rings. The van der Waals surface area contributed by atoms with E-state index in [4.69, 9.17) is 5.41 Å². The summed E-state index contributed by atoms with van der Waals surface area (Å²) in [4.78, 5) is 14.2. The Hall–Kier alpha value is -1.37. The van der Waals surface area contributed by atoms with Gasteiger partial charge in [-0.25, -0.2) is 0 Å². The zero-order valence-corrected chi connectivity index (χ0v) is 14.4. The summed E-state index contributed by atoms with van der Waals surface area (Å²) >= 11 is 2.23. The second-order valence-electron chi connectivity index (χ2n) is 5.17. The topological polar surface area (TPSA) is 56.2 Å². The van der Waals surface area contributed by atoms with Crippen LogP contribution in [0.25, 0.3) is 0 Å². The number of carbonyl (C=O) groups is 1. The molecule has 0 atom stereocenters. The van der Waals surface area contributed by atoms with Gasteiger partial charge < -0.3 is 10.2 Å². The summed E-state index contributed by atoms with van der Waals surface area (Å²) in [5.74, 6) is -0.0289. The molecule has 0 radical (unpaired) electrons. The van der Waals surface area contributed by atoms with Crippen LogP contribution in [0.5, 0.6) is 0 Å². The summed E-state index contributed by atoms with van der Waals surface area (Å²) in [6.07, 6.45) is 7.66. The third-order valence-electron chi connectivity index (χ3n) is 3.15. The van der Waals surface area contributed by atoms with E-state index in [1.165, 1.54) is 0 Å². The maximum atomic E-state index is 12.2. The van der Waals surface area contributed by atoms with E-state index in [0.717, 1.165) is 14.8 Å². The third-order valence-corrected chi connectivity index (χ3v) is 4.14. The molecule has 5 heteroatoms. The highest BCUT2D eigenvalue weighted by atomic mass is 127. The van der Waals surface area contributed by atoms with Gasteiger partial charge in [-0.3, -0.25) is 10.2 Å². The van der Waals surface area contributed by atoms with Crippen LogP contribution in [0.3, 0.4) is 0 Å². The van der Waals surface area contributed by atoms with Crippen molar-refractivity contribution in [3.63, 3.8) is 0 Å². The SMILES string of the molecule is C=C/C(I)=C1/C=CC(C(C)(C)C(=O)NC(C)=N)=CN1C. The van der Waals surface area contributed by atoms with Crippen molar-refractivity contribution in [1.29, 1.82) is 5.41 Å². The van der Waals surface area contributed by atoms with Crippen LogP contribution in [0, 0.1) is 10.8 Å². The van der Waals surface area contributed by atoms with Crippen molar-refractivity contribution in [3.8, 4) is 0 Å². The van der Waals surface area contributed by atoms with Crippen LogP contribution in [-0.4, -0.2) is 23.7 Å². The van der Waals surface area contributed by atoms with Crippen molar-refractivity contribution in [3.05, 3.63) is 45.9 Å². The Morgan fingerprint density at radius 3 is 2.55 bits per heavy atom. The number of nitrogens with one attached hydrogen (secondary N) is 2. The highest BCUT2D eigenvalue weighted by Gasteiger charge is 2.32. The van der Waals surface area contributed by atoms with Gasteiger partial charge >= 0.3 is 0 Å². The summed E-state index contributed by atoms with van der Waals surface area (Å²) in [7, 11) is 1.94. The largest absolute Gasteiger partial charge is 0.350 e. The molecule has 0 aliphatic carbocycles. The maximum absolute atomic E-state index is 12.2. The number of halogens is 1. The van der Waals surface area contributed by atoms with Crippen LogP contribution in [0.15, 0.2) is 45.9 Å². The van der Waals surface area contributed by atoms with E-state index in [2.05, 4.69) is 34.5 Å². The van der Waals surface area contributed by atoms with E-state index in [0.29, 0.717) is 0 Å². The molecule has 0 saturated heterocycles. The van der Waals surface area contributed by atoms with Crippen LogP contribution in [-0.2, 0) is 4.79 Å². The molecule has 20 heavy (non-hydrogen) atoms. The first kappa shape index (κ1) is 16.7. The molecular formula is C15H20IN3O. The molecule has 1 amide bonds. The van der Waals surface area contributed by atoms with Crippen LogP contribution in [0.4, 0.5) is 0 Å². The first-order valence-corrected chi connectivity index (χ1v) is 7.30. The number of carbonyl (C=O) groups excluding carboxylic acids is 1. The number of amidine groups is 1. The molecule has 0 fully saturated rings. The molecule has 0 aromatic carbocycles. The average Bonchev–Trinajstić information content (AvgIpc) is 2.36. The van der Waals surface area contributed by atoms with Crippen molar-refractivity contribution in [2.24, 2.45) is 5.41 Å². The minimum atomic E-state index is -0.696. The van der Waals surface area contributed by atoms with Gasteiger partial charge in [0.05, 0.1) is 16.9 Å². The molecule has 1 heterocycles.